The van der Waals surface area contributed by atoms with Crippen LogP contribution in [0.25, 0.3) is 0 Å². The summed E-state index contributed by atoms with van der Waals surface area (Å²) in [7, 11) is 1.61. The molecule has 1 aliphatic heterocycles. The Labute approximate surface area is 215 Å². The van der Waals surface area contributed by atoms with Gasteiger partial charge in [0.2, 0.25) is 11.8 Å². The van der Waals surface area contributed by atoms with Crippen LogP contribution in [-0.2, 0) is 16.0 Å². The van der Waals surface area contributed by atoms with Gasteiger partial charge in [-0.2, -0.15) is 0 Å². The SMILES string of the molecule is CCOc1ccc(NC(=O)[C@H]2CC(=O)N(CCc3ccccc3)C(=Nc3ccc(OC)cc3)S2)cc1. The van der Waals surface area contributed by atoms with Crippen LogP contribution in [0, 0.1) is 0 Å². The van der Waals surface area contributed by atoms with Crippen LogP contribution in [-0.4, -0.2) is 47.4 Å². The van der Waals surface area contributed by atoms with E-state index in [4.69, 9.17) is 14.5 Å². The molecule has 0 aliphatic carbocycles. The van der Waals surface area contributed by atoms with E-state index >= 15 is 0 Å². The zero-order chi connectivity index (χ0) is 25.3. The van der Waals surface area contributed by atoms with Crippen LogP contribution in [0.2, 0.25) is 0 Å². The molecule has 0 bridgehead atoms. The van der Waals surface area contributed by atoms with Crippen LogP contribution in [0.15, 0.2) is 83.9 Å². The van der Waals surface area contributed by atoms with Crippen LogP contribution in [0.4, 0.5) is 11.4 Å². The predicted octanol–water partition coefficient (Wildman–Crippen LogP) is 5.30. The van der Waals surface area contributed by atoms with Gasteiger partial charge in [0.05, 0.1) is 19.4 Å². The summed E-state index contributed by atoms with van der Waals surface area (Å²) in [5, 5.41) is 2.84. The lowest BCUT2D eigenvalue weighted by Crippen LogP contribution is -2.46. The fraction of sp³-hybridized carbons (Fsp3) is 0.250. The molecule has 7 nitrogen and oxygen atoms in total. The molecule has 0 radical (unpaired) electrons. The molecular weight excluding hydrogens is 474 g/mol. The summed E-state index contributed by atoms with van der Waals surface area (Å²) in [5.74, 6) is 1.10. The summed E-state index contributed by atoms with van der Waals surface area (Å²) >= 11 is 1.31. The summed E-state index contributed by atoms with van der Waals surface area (Å²) in [4.78, 5) is 32.7. The standard InChI is InChI=1S/C28H29N3O4S/c1-3-35-24-15-11-21(12-16-24)29-27(33)25-19-26(32)31(18-17-20-7-5-4-6-8-20)28(36-25)30-22-9-13-23(34-2)14-10-22/h4-16,25H,3,17-19H2,1-2H3,(H,29,33)/t25-/m1/s1. The third kappa shape index (κ3) is 6.66. The summed E-state index contributed by atoms with van der Waals surface area (Å²) in [6.45, 7) is 2.98. The fourth-order valence-corrected chi connectivity index (χ4v) is 4.86. The van der Waals surface area contributed by atoms with Crippen LogP contribution in [0.1, 0.15) is 18.9 Å². The topological polar surface area (TPSA) is 80.2 Å². The van der Waals surface area contributed by atoms with E-state index in [0.29, 0.717) is 36.1 Å². The summed E-state index contributed by atoms with van der Waals surface area (Å²) in [5.41, 5.74) is 2.47. The Balaban J connectivity index is 1.52. The molecule has 0 aromatic heterocycles. The quantitative estimate of drug-likeness (QED) is 0.429. The molecule has 0 spiro atoms. The van der Waals surface area contributed by atoms with Crippen LogP contribution >= 0.6 is 11.8 Å². The van der Waals surface area contributed by atoms with Gasteiger partial charge in [0.15, 0.2) is 5.17 Å². The van der Waals surface area contributed by atoms with Gasteiger partial charge in [0, 0.05) is 18.7 Å². The number of carbonyl (C=O) groups is 2. The molecule has 1 fully saturated rings. The van der Waals surface area contributed by atoms with Crippen molar-refractivity contribution in [2.75, 3.05) is 25.6 Å². The number of hydrogen-bond donors (Lipinski definition) is 1. The van der Waals surface area contributed by atoms with Crippen LogP contribution < -0.4 is 14.8 Å². The molecule has 0 saturated carbocycles. The van der Waals surface area contributed by atoms with Gasteiger partial charge in [0.1, 0.15) is 16.7 Å². The summed E-state index contributed by atoms with van der Waals surface area (Å²) < 4.78 is 10.7. The molecular formula is C28H29N3O4S. The van der Waals surface area contributed by atoms with E-state index in [-0.39, 0.29) is 18.2 Å². The lowest BCUT2D eigenvalue weighted by Gasteiger charge is -2.32. The monoisotopic (exact) mass is 503 g/mol. The second kappa shape index (κ2) is 12.3. The van der Waals surface area contributed by atoms with Crippen molar-refractivity contribution in [3.8, 4) is 11.5 Å². The van der Waals surface area contributed by atoms with Crippen molar-refractivity contribution in [1.82, 2.24) is 4.90 Å². The molecule has 36 heavy (non-hydrogen) atoms. The van der Waals surface area contributed by atoms with E-state index in [2.05, 4.69) is 5.32 Å². The van der Waals surface area contributed by atoms with E-state index in [1.165, 1.54) is 11.8 Å². The Bertz CT molecular complexity index is 1200. The number of amidine groups is 1. The second-order valence-corrected chi connectivity index (χ2v) is 9.30. The van der Waals surface area contributed by atoms with Crippen molar-refractivity contribution in [1.29, 1.82) is 0 Å². The average molecular weight is 504 g/mol. The maximum absolute atomic E-state index is 13.2. The normalized spacial score (nSPS) is 16.6. The first-order valence-electron chi connectivity index (χ1n) is 11.8. The van der Waals surface area contributed by atoms with E-state index in [1.54, 1.807) is 36.3 Å². The molecule has 1 heterocycles. The van der Waals surface area contributed by atoms with E-state index in [0.717, 1.165) is 17.1 Å². The van der Waals surface area contributed by atoms with Gasteiger partial charge < -0.3 is 14.8 Å². The Hall–Kier alpha value is -3.78. The van der Waals surface area contributed by atoms with Crippen molar-refractivity contribution in [3.05, 3.63) is 84.4 Å². The largest absolute Gasteiger partial charge is 0.497 e. The molecule has 1 saturated heterocycles. The number of benzene rings is 3. The van der Waals surface area contributed by atoms with E-state index < -0.39 is 5.25 Å². The average Bonchev–Trinajstić information content (AvgIpc) is 2.90. The number of hydrogen-bond acceptors (Lipinski definition) is 6. The van der Waals surface area contributed by atoms with Gasteiger partial charge in [0.25, 0.3) is 0 Å². The van der Waals surface area contributed by atoms with Crippen LogP contribution in [0.5, 0.6) is 11.5 Å². The molecule has 1 atom stereocenters. The highest BCUT2D eigenvalue weighted by atomic mass is 32.2. The number of anilines is 1. The van der Waals surface area contributed by atoms with Crippen molar-refractivity contribution in [2.24, 2.45) is 4.99 Å². The maximum atomic E-state index is 13.2. The molecule has 1 aliphatic rings. The molecule has 2 amide bonds. The number of aliphatic imine (C=N–C) groups is 1. The number of ether oxygens (including phenoxy) is 2. The highest BCUT2D eigenvalue weighted by Crippen LogP contribution is 2.31. The molecule has 1 N–H and O–H groups in total. The Morgan fingerprint density at radius 2 is 1.72 bits per heavy atom. The highest BCUT2D eigenvalue weighted by molar-refractivity contribution is 8.15. The third-order valence-electron chi connectivity index (χ3n) is 5.63. The molecule has 4 rings (SSSR count). The smallest absolute Gasteiger partial charge is 0.238 e. The van der Waals surface area contributed by atoms with Gasteiger partial charge in [-0.3, -0.25) is 14.5 Å². The van der Waals surface area contributed by atoms with Crippen molar-refractivity contribution < 1.29 is 19.1 Å². The highest BCUT2D eigenvalue weighted by Gasteiger charge is 2.35. The van der Waals surface area contributed by atoms with Crippen molar-refractivity contribution >= 4 is 40.1 Å². The molecule has 3 aromatic rings. The number of nitrogens with zero attached hydrogens (tertiary/aromatic N) is 2. The fourth-order valence-electron chi connectivity index (χ4n) is 3.74. The summed E-state index contributed by atoms with van der Waals surface area (Å²) in [6, 6.07) is 24.5. The maximum Gasteiger partial charge on any atom is 0.238 e. The summed E-state index contributed by atoms with van der Waals surface area (Å²) in [6.07, 6.45) is 0.793. The van der Waals surface area contributed by atoms with Gasteiger partial charge in [-0.15, -0.1) is 0 Å². The minimum absolute atomic E-state index is 0.101. The first-order chi connectivity index (χ1) is 17.6. The molecule has 0 unspecified atom stereocenters. The Morgan fingerprint density at radius 1 is 1.03 bits per heavy atom. The zero-order valence-electron chi connectivity index (χ0n) is 20.3. The van der Waals surface area contributed by atoms with Crippen molar-refractivity contribution in [3.63, 3.8) is 0 Å². The number of methoxy groups -OCH3 is 1. The minimum atomic E-state index is -0.589. The second-order valence-electron chi connectivity index (χ2n) is 8.13. The van der Waals surface area contributed by atoms with E-state index in [9.17, 15) is 9.59 Å². The number of nitrogens with one attached hydrogen (secondary N) is 1. The lowest BCUT2D eigenvalue weighted by molar-refractivity contribution is -0.129. The third-order valence-corrected chi connectivity index (χ3v) is 6.82. The number of carbonyl (C=O) groups excluding carboxylic acids is 2. The first kappa shape index (κ1) is 25.3. The van der Waals surface area contributed by atoms with E-state index in [1.807, 2.05) is 61.5 Å². The Kier molecular flexibility index (Phi) is 8.62. The van der Waals surface area contributed by atoms with Crippen LogP contribution in [0.3, 0.4) is 0 Å². The van der Waals surface area contributed by atoms with Gasteiger partial charge >= 0.3 is 0 Å². The Morgan fingerprint density at radius 3 is 2.39 bits per heavy atom. The van der Waals surface area contributed by atoms with Gasteiger partial charge in [-0.25, -0.2) is 4.99 Å². The number of rotatable bonds is 9. The predicted molar refractivity (Wildman–Crippen MR) is 144 cm³/mol. The minimum Gasteiger partial charge on any atom is -0.497 e. The van der Waals surface area contributed by atoms with Gasteiger partial charge in [-0.05, 0) is 67.4 Å². The number of amides is 2. The molecule has 3 aromatic carbocycles. The molecule has 8 heteroatoms. The number of thioether (sulfide) groups is 1. The van der Waals surface area contributed by atoms with Gasteiger partial charge in [-0.1, -0.05) is 42.1 Å². The molecule has 186 valence electrons. The lowest BCUT2D eigenvalue weighted by atomic mass is 10.1. The first-order valence-corrected chi connectivity index (χ1v) is 12.7. The zero-order valence-corrected chi connectivity index (χ0v) is 21.2. The van der Waals surface area contributed by atoms with Crippen molar-refractivity contribution in [2.45, 2.75) is 25.0 Å².